The summed E-state index contributed by atoms with van der Waals surface area (Å²) in [7, 11) is 0. The molecule has 1 saturated heterocycles. The highest BCUT2D eigenvalue weighted by atomic mass is 35.5. The predicted molar refractivity (Wildman–Crippen MR) is 179 cm³/mol. The number of rotatable bonds is 13. The highest BCUT2D eigenvalue weighted by molar-refractivity contribution is 7.97. The summed E-state index contributed by atoms with van der Waals surface area (Å²) in [6.07, 6.45) is 2.41. The monoisotopic (exact) mass is 725 g/mol. The summed E-state index contributed by atoms with van der Waals surface area (Å²) in [5, 5.41) is 9.39. The van der Waals surface area contributed by atoms with Crippen LogP contribution in [0.4, 0.5) is 18.0 Å². The number of amides is 2. The van der Waals surface area contributed by atoms with Crippen LogP contribution in [0.5, 0.6) is 5.88 Å². The Balaban J connectivity index is 1.04. The molecule has 3 aromatic heterocycles. The number of ether oxygens (including phenoxy) is 2. The van der Waals surface area contributed by atoms with Gasteiger partial charge in [0, 0.05) is 49.0 Å². The Morgan fingerprint density at radius 2 is 1.84 bits per heavy atom. The van der Waals surface area contributed by atoms with Gasteiger partial charge in [-0.05, 0) is 104 Å². The van der Waals surface area contributed by atoms with Crippen molar-refractivity contribution >= 4 is 35.5 Å². The van der Waals surface area contributed by atoms with Crippen molar-refractivity contribution in [1.82, 2.24) is 34.2 Å². The van der Waals surface area contributed by atoms with Crippen molar-refractivity contribution in [3.05, 3.63) is 47.4 Å². The minimum atomic E-state index is -4.17. The summed E-state index contributed by atoms with van der Waals surface area (Å²) in [6, 6.07) is 6.50. The fourth-order valence-electron chi connectivity index (χ4n) is 6.08. The Labute approximate surface area is 293 Å². The first-order chi connectivity index (χ1) is 22.9. The Bertz CT molecular complexity index is 1630. The van der Waals surface area contributed by atoms with Crippen LogP contribution < -0.4 is 9.46 Å². The van der Waals surface area contributed by atoms with Crippen LogP contribution in [0.2, 0.25) is 5.15 Å². The fraction of sp³-hybridized carbons (Fsp3) is 0.606. The highest BCUT2D eigenvalue weighted by Crippen LogP contribution is 2.60. The minimum absolute atomic E-state index is 0.0266. The Hall–Kier alpha value is -3.46. The maximum atomic E-state index is 13.1. The van der Waals surface area contributed by atoms with Crippen molar-refractivity contribution in [3.63, 3.8) is 0 Å². The molecule has 0 aromatic carbocycles. The number of halogens is 4. The second-order valence-electron chi connectivity index (χ2n) is 14.4. The lowest BCUT2D eigenvalue weighted by atomic mass is 9.93. The topological polar surface area (TPSA) is 116 Å². The molecule has 0 bridgehead atoms. The van der Waals surface area contributed by atoms with Crippen molar-refractivity contribution in [2.45, 2.75) is 108 Å². The summed E-state index contributed by atoms with van der Waals surface area (Å²) >= 11 is 7.41. The normalized spacial score (nSPS) is 18.4. The Morgan fingerprint density at radius 1 is 1.08 bits per heavy atom. The minimum Gasteiger partial charge on any atom is -0.477 e. The summed E-state index contributed by atoms with van der Waals surface area (Å²) in [5.74, 6) is 0.521. The van der Waals surface area contributed by atoms with Crippen molar-refractivity contribution in [1.29, 1.82) is 0 Å². The number of hydrogen-bond donors (Lipinski definition) is 1. The molecule has 268 valence electrons. The Morgan fingerprint density at radius 3 is 2.51 bits per heavy atom. The lowest BCUT2D eigenvalue weighted by Crippen LogP contribution is -2.45. The number of nitrogens with zero attached hydrogens (tertiary/aromatic N) is 6. The van der Waals surface area contributed by atoms with Crippen LogP contribution >= 0.6 is 23.5 Å². The SMILES string of the molecule is CC(C)(C)OC(=O)N1CC(CCCn2ccc(SNC(=O)c3ccc(-n4ccc(OCCCC5(C(F)(F)F)CC5)n4)nc3Cl)n2)CC1(C)C. The van der Waals surface area contributed by atoms with E-state index >= 15 is 0 Å². The first-order valence-corrected chi connectivity index (χ1v) is 17.6. The molecule has 2 fully saturated rings. The van der Waals surface area contributed by atoms with E-state index < -0.39 is 23.1 Å². The van der Waals surface area contributed by atoms with Gasteiger partial charge in [0.1, 0.15) is 15.8 Å². The Kier molecular flexibility index (Phi) is 10.8. The number of carbonyl (C=O) groups is 2. The van der Waals surface area contributed by atoms with Crippen LogP contribution in [0.3, 0.4) is 0 Å². The number of likely N-dealkylation sites (tertiary alicyclic amines) is 1. The van der Waals surface area contributed by atoms with E-state index in [2.05, 4.69) is 33.8 Å². The molecule has 49 heavy (non-hydrogen) atoms. The van der Waals surface area contributed by atoms with E-state index in [9.17, 15) is 22.8 Å². The van der Waals surface area contributed by atoms with Gasteiger partial charge in [0.25, 0.3) is 5.91 Å². The van der Waals surface area contributed by atoms with Gasteiger partial charge in [-0.25, -0.2) is 14.5 Å². The fourth-order valence-corrected chi connectivity index (χ4v) is 6.90. The molecule has 1 aliphatic heterocycles. The molecular formula is C33H43ClF3N7O4S. The zero-order valence-electron chi connectivity index (χ0n) is 28.3. The van der Waals surface area contributed by atoms with Gasteiger partial charge in [0.2, 0.25) is 5.88 Å². The molecule has 1 N–H and O–H groups in total. The van der Waals surface area contributed by atoms with Gasteiger partial charge < -0.3 is 14.4 Å². The van der Waals surface area contributed by atoms with Crippen LogP contribution in [0, 0.1) is 11.3 Å². The van der Waals surface area contributed by atoms with Crippen LogP contribution in [0.25, 0.3) is 5.82 Å². The maximum Gasteiger partial charge on any atom is 0.410 e. The van der Waals surface area contributed by atoms with E-state index in [-0.39, 0.29) is 60.5 Å². The molecular weight excluding hydrogens is 683 g/mol. The third kappa shape index (κ3) is 9.41. The summed E-state index contributed by atoms with van der Waals surface area (Å²) in [6.45, 7) is 11.3. The van der Waals surface area contributed by atoms with Crippen molar-refractivity contribution in [3.8, 4) is 11.7 Å². The van der Waals surface area contributed by atoms with Gasteiger partial charge in [0.05, 0.1) is 17.6 Å². The van der Waals surface area contributed by atoms with Crippen molar-refractivity contribution in [2.24, 2.45) is 11.3 Å². The first kappa shape index (κ1) is 36.8. The number of alkyl halides is 3. The van der Waals surface area contributed by atoms with Gasteiger partial charge in [-0.2, -0.15) is 18.3 Å². The molecule has 1 saturated carbocycles. The van der Waals surface area contributed by atoms with E-state index in [1.807, 2.05) is 42.6 Å². The van der Waals surface area contributed by atoms with Crippen molar-refractivity contribution < 1.29 is 32.2 Å². The van der Waals surface area contributed by atoms with Gasteiger partial charge in [-0.3, -0.25) is 14.2 Å². The number of hydrogen-bond acceptors (Lipinski definition) is 8. The number of carbonyl (C=O) groups excluding carboxylic acids is 2. The zero-order chi connectivity index (χ0) is 35.6. The van der Waals surface area contributed by atoms with Crippen LogP contribution in [-0.2, 0) is 11.3 Å². The third-order valence-electron chi connectivity index (χ3n) is 8.82. The van der Waals surface area contributed by atoms with Crippen LogP contribution in [-0.4, -0.2) is 71.9 Å². The molecule has 16 heteroatoms. The summed E-state index contributed by atoms with van der Waals surface area (Å²) < 4.78 is 56.4. The van der Waals surface area contributed by atoms with Crippen LogP contribution in [0.1, 0.15) is 89.9 Å². The smallest absolute Gasteiger partial charge is 0.410 e. The van der Waals surface area contributed by atoms with E-state index in [1.54, 1.807) is 18.3 Å². The lowest BCUT2D eigenvalue weighted by Gasteiger charge is -2.33. The molecule has 3 aromatic rings. The molecule has 2 aliphatic rings. The third-order valence-corrected chi connectivity index (χ3v) is 9.82. The molecule has 11 nitrogen and oxygen atoms in total. The molecule has 1 atom stereocenters. The molecule has 0 radical (unpaired) electrons. The lowest BCUT2D eigenvalue weighted by molar-refractivity contribution is -0.189. The van der Waals surface area contributed by atoms with E-state index in [4.69, 9.17) is 21.1 Å². The van der Waals surface area contributed by atoms with Gasteiger partial charge in [0.15, 0.2) is 5.82 Å². The van der Waals surface area contributed by atoms with Crippen LogP contribution in [0.15, 0.2) is 41.7 Å². The van der Waals surface area contributed by atoms with E-state index in [1.165, 1.54) is 10.7 Å². The van der Waals surface area contributed by atoms with E-state index in [0.29, 0.717) is 29.9 Å². The average Bonchev–Trinajstić information content (AvgIpc) is 3.29. The number of nitrogens with one attached hydrogen (secondary N) is 1. The van der Waals surface area contributed by atoms with Gasteiger partial charge in [-0.15, -0.1) is 5.10 Å². The molecule has 2 amide bonds. The number of aryl methyl sites for hydroxylation is 1. The molecule has 4 heterocycles. The summed E-state index contributed by atoms with van der Waals surface area (Å²) in [4.78, 5) is 31.7. The van der Waals surface area contributed by atoms with Crippen molar-refractivity contribution in [2.75, 3.05) is 13.2 Å². The van der Waals surface area contributed by atoms with Gasteiger partial charge in [-0.1, -0.05) is 11.6 Å². The largest absolute Gasteiger partial charge is 0.477 e. The molecule has 1 aliphatic carbocycles. The first-order valence-electron chi connectivity index (χ1n) is 16.4. The average molecular weight is 726 g/mol. The van der Waals surface area contributed by atoms with E-state index in [0.717, 1.165) is 31.2 Å². The molecule has 5 rings (SSSR count). The second kappa shape index (κ2) is 14.4. The quantitative estimate of drug-likeness (QED) is 0.108. The highest BCUT2D eigenvalue weighted by Gasteiger charge is 2.62. The number of aromatic nitrogens is 5. The predicted octanol–water partition coefficient (Wildman–Crippen LogP) is 7.87. The summed E-state index contributed by atoms with van der Waals surface area (Å²) in [5.41, 5.74) is -2.18. The van der Waals surface area contributed by atoms with Gasteiger partial charge >= 0.3 is 12.3 Å². The zero-order valence-corrected chi connectivity index (χ0v) is 29.9. The molecule has 0 spiro atoms. The maximum absolute atomic E-state index is 13.1. The molecule has 1 unspecified atom stereocenters. The second-order valence-corrected chi connectivity index (χ2v) is 15.6. The number of pyridine rings is 1. The standard InChI is InChI=1S/C33H43ClF3N7O4S/c1-30(2,3)48-29(46)43-21-22(20-31(43,4)5)8-6-16-42-17-12-26(40-42)49-41-28(45)23-9-10-24(38-27(23)34)44-18-11-25(39-44)47-19-7-13-32(14-15-32)33(35,36)37/h9-12,17-18,22H,6-8,13-16,19-21H2,1-5H3,(H,41,45).